The normalized spacial score (nSPS) is 14.6. The van der Waals surface area contributed by atoms with E-state index in [9.17, 15) is 26.4 Å². The van der Waals surface area contributed by atoms with Crippen molar-refractivity contribution in [3.05, 3.63) is 29.8 Å². The molecule has 156 valence electrons. The van der Waals surface area contributed by atoms with Gasteiger partial charge in [-0.1, -0.05) is 34.9 Å². The lowest BCUT2D eigenvalue weighted by Gasteiger charge is -2.18. The lowest BCUT2D eigenvalue weighted by Crippen LogP contribution is -2.45. The van der Waals surface area contributed by atoms with Crippen molar-refractivity contribution in [3.63, 3.8) is 0 Å². The van der Waals surface area contributed by atoms with Gasteiger partial charge in [0.15, 0.2) is 0 Å². The van der Waals surface area contributed by atoms with Gasteiger partial charge in [-0.25, -0.2) is 27.7 Å². The molecule has 1 saturated heterocycles. The predicted octanol–water partition coefficient (Wildman–Crippen LogP) is 0.902. The van der Waals surface area contributed by atoms with Gasteiger partial charge in [-0.2, -0.15) is 8.42 Å². The van der Waals surface area contributed by atoms with Crippen LogP contribution in [0, 0.1) is 6.92 Å². The van der Waals surface area contributed by atoms with Crippen molar-refractivity contribution in [1.82, 2.24) is 15.2 Å². The SMILES string of the molecule is Cc1ccc(S(=O)(=O)NC(=O)N=S(=O)=O)cc1.NC(=O)NN1CCCCCC1. The van der Waals surface area contributed by atoms with E-state index >= 15 is 0 Å². The summed E-state index contributed by atoms with van der Waals surface area (Å²) >= 11 is 0. The highest BCUT2D eigenvalue weighted by Crippen LogP contribution is 2.09. The first-order valence-electron chi connectivity index (χ1n) is 8.36. The van der Waals surface area contributed by atoms with E-state index in [1.54, 1.807) is 19.1 Å². The first-order valence-corrected chi connectivity index (χ1v) is 10.9. The molecule has 0 aromatic heterocycles. The first-order chi connectivity index (χ1) is 13.1. The van der Waals surface area contributed by atoms with Gasteiger partial charge in [0.1, 0.15) is 0 Å². The second-order valence-corrected chi connectivity index (χ2v) is 8.21. The number of benzene rings is 1. The maximum Gasteiger partial charge on any atom is 0.369 e. The van der Waals surface area contributed by atoms with Crippen LogP contribution in [0.25, 0.3) is 0 Å². The summed E-state index contributed by atoms with van der Waals surface area (Å²) < 4.78 is 47.2. The molecular weight excluding hydrogens is 410 g/mol. The number of aryl methyl sites for hydroxylation is 1. The summed E-state index contributed by atoms with van der Waals surface area (Å²) in [4.78, 5) is 21.2. The lowest BCUT2D eigenvalue weighted by molar-refractivity contribution is 0.187. The third-order valence-corrected chi connectivity index (χ3v) is 5.24. The summed E-state index contributed by atoms with van der Waals surface area (Å²) in [7, 11) is -7.08. The number of primary amides is 1. The molecular formula is C15H23N5O6S2. The number of hydrogen-bond acceptors (Lipinski definition) is 7. The van der Waals surface area contributed by atoms with E-state index in [2.05, 4.69) is 9.79 Å². The molecule has 0 spiro atoms. The standard InChI is InChI=1S/C8H8N2O5S2.C7H15N3O/c1-6-2-4-7(5-3-6)17(14,15)10-8(11)9-16(12)13;8-7(11)9-10-5-3-1-2-4-6-10/h2-5H,1H3,(H,10,11);1-6H2,(H3,8,9,11). The summed E-state index contributed by atoms with van der Waals surface area (Å²) in [5.74, 6) is 0. The fourth-order valence-electron chi connectivity index (χ4n) is 2.32. The van der Waals surface area contributed by atoms with Crippen molar-refractivity contribution in [2.75, 3.05) is 13.1 Å². The summed E-state index contributed by atoms with van der Waals surface area (Å²) in [6, 6.07) is 3.76. The third kappa shape index (κ3) is 9.43. The Balaban J connectivity index is 0.000000307. The Morgan fingerprint density at radius 1 is 1.07 bits per heavy atom. The van der Waals surface area contributed by atoms with Gasteiger partial charge in [0, 0.05) is 13.1 Å². The van der Waals surface area contributed by atoms with Gasteiger partial charge in [0.05, 0.1) is 4.90 Å². The van der Waals surface area contributed by atoms with E-state index in [-0.39, 0.29) is 4.90 Å². The van der Waals surface area contributed by atoms with Crippen LogP contribution in [0.4, 0.5) is 9.59 Å². The van der Waals surface area contributed by atoms with E-state index in [1.165, 1.54) is 29.7 Å². The van der Waals surface area contributed by atoms with Crippen LogP contribution in [0.1, 0.15) is 31.2 Å². The van der Waals surface area contributed by atoms with Crippen LogP contribution in [0.15, 0.2) is 33.5 Å². The van der Waals surface area contributed by atoms with Gasteiger partial charge in [-0.3, -0.25) is 5.43 Å². The molecule has 28 heavy (non-hydrogen) atoms. The Labute approximate surface area is 165 Å². The van der Waals surface area contributed by atoms with Crippen molar-refractivity contribution in [1.29, 1.82) is 0 Å². The highest BCUT2D eigenvalue weighted by atomic mass is 32.2. The van der Waals surface area contributed by atoms with Crippen molar-refractivity contribution < 1.29 is 26.4 Å². The van der Waals surface area contributed by atoms with E-state index in [4.69, 9.17) is 5.73 Å². The molecule has 2 rings (SSSR count). The van der Waals surface area contributed by atoms with Gasteiger partial charge in [0.2, 0.25) is 0 Å². The topological polar surface area (TPSA) is 168 Å². The van der Waals surface area contributed by atoms with Gasteiger partial charge >= 0.3 is 22.6 Å². The maximum atomic E-state index is 11.5. The molecule has 4 N–H and O–H groups in total. The Morgan fingerprint density at radius 3 is 2.07 bits per heavy atom. The summed E-state index contributed by atoms with van der Waals surface area (Å²) in [5, 5.41) is 1.90. The molecule has 0 radical (unpaired) electrons. The van der Waals surface area contributed by atoms with Crippen LogP contribution in [0.5, 0.6) is 0 Å². The Morgan fingerprint density at radius 2 is 1.61 bits per heavy atom. The molecule has 0 saturated carbocycles. The van der Waals surface area contributed by atoms with E-state index < -0.39 is 32.6 Å². The van der Waals surface area contributed by atoms with Crippen LogP contribution in [0.2, 0.25) is 0 Å². The highest BCUT2D eigenvalue weighted by Gasteiger charge is 2.17. The number of sulfonamides is 1. The molecule has 0 unspecified atom stereocenters. The first kappa shape index (κ1) is 23.5. The Bertz CT molecular complexity index is 897. The molecule has 1 fully saturated rings. The number of hydrazine groups is 1. The van der Waals surface area contributed by atoms with Crippen LogP contribution in [-0.2, 0) is 20.5 Å². The Hall–Kier alpha value is -2.51. The number of nitrogens with zero attached hydrogens (tertiary/aromatic N) is 2. The largest absolute Gasteiger partial charge is 0.369 e. The average molecular weight is 434 g/mol. The smallest absolute Gasteiger partial charge is 0.351 e. The van der Waals surface area contributed by atoms with Gasteiger partial charge < -0.3 is 5.73 Å². The molecule has 1 heterocycles. The second-order valence-electron chi connectivity index (χ2n) is 5.91. The summed E-state index contributed by atoms with van der Waals surface area (Å²) in [6.45, 7) is 3.64. The molecule has 1 aromatic rings. The molecule has 4 amide bonds. The fraction of sp³-hybridized carbons (Fsp3) is 0.467. The molecule has 1 aliphatic heterocycles. The zero-order valence-electron chi connectivity index (χ0n) is 15.3. The van der Waals surface area contributed by atoms with Crippen LogP contribution in [0.3, 0.4) is 0 Å². The zero-order valence-corrected chi connectivity index (χ0v) is 16.9. The fourth-order valence-corrected chi connectivity index (χ4v) is 3.44. The molecule has 0 bridgehead atoms. The van der Waals surface area contributed by atoms with E-state index in [1.807, 2.05) is 5.01 Å². The number of nitrogens with one attached hydrogen (secondary N) is 2. The number of rotatable bonds is 3. The predicted molar refractivity (Wildman–Crippen MR) is 101 cm³/mol. The molecule has 11 nitrogen and oxygen atoms in total. The molecule has 1 aliphatic rings. The minimum atomic E-state index is -4.09. The molecule has 13 heteroatoms. The van der Waals surface area contributed by atoms with Crippen molar-refractivity contribution in [3.8, 4) is 0 Å². The quantitative estimate of drug-likeness (QED) is 0.636. The third-order valence-electron chi connectivity index (χ3n) is 3.58. The van der Waals surface area contributed by atoms with Crippen molar-refractivity contribution >= 4 is 32.6 Å². The molecule has 1 aromatic carbocycles. The number of amides is 4. The minimum absolute atomic E-state index is 0.150. The van der Waals surface area contributed by atoms with Gasteiger partial charge in [-0.05, 0) is 31.9 Å². The number of carbonyl (C=O) groups excluding carboxylic acids is 2. The van der Waals surface area contributed by atoms with Gasteiger partial charge in [0.25, 0.3) is 10.0 Å². The average Bonchev–Trinajstić information content (AvgIpc) is 2.82. The van der Waals surface area contributed by atoms with E-state index in [0.29, 0.717) is 0 Å². The molecule has 0 atom stereocenters. The van der Waals surface area contributed by atoms with Crippen LogP contribution in [-0.4, -0.2) is 47.0 Å². The number of hydrogen-bond donors (Lipinski definition) is 3. The zero-order chi connectivity index (χ0) is 21.2. The van der Waals surface area contributed by atoms with Crippen LogP contribution < -0.4 is 15.9 Å². The highest BCUT2D eigenvalue weighted by molar-refractivity contribution is 7.90. The number of carbonyl (C=O) groups is 2. The Kier molecular flexibility index (Phi) is 9.55. The van der Waals surface area contributed by atoms with Crippen molar-refractivity contribution in [2.45, 2.75) is 37.5 Å². The minimum Gasteiger partial charge on any atom is -0.351 e. The van der Waals surface area contributed by atoms with E-state index in [0.717, 1.165) is 31.5 Å². The number of urea groups is 2. The van der Waals surface area contributed by atoms with Crippen molar-refractivity contribution in [2.24, 2.45) is 10.1 Å². The summed E-state index contributed by atoms with van der Waals surface area (Å²) in [6.07, 6.45) is 4.83. The monoisotopic (exact) mass is 433 g/mol. The maximum absolute atomic E-state index is 11.5. The lowest BCUT2D eigenvalue weighted by atomic mass is 10.2. The van der Waals surface area contributed by atoms with Gasteiger partial charge in [-0.15, -0.1) is 0 Å². The summed E-state index contributed by atoms with van der Waals surface area (Å²) in [5.41, 5.74) is 8.42. The molecule has 0 aliphatic carbocycles. The van der Waals surface area contributed by atoms with Crippen LogP contribution >= 0.6 is 0 Å². The number of nitrogens with two attached hydrogens (primary N) is 1. The second kappa shape index (κ2) is 11.4.